The Kier molecular flexibility index (Phi) is 2.99. The van der Waals surface area contributed by atoms with Crippen LogP contribution >= 0.6 is 11.6 Å². The minimum Gasteiger partial charge on any atom is -0.342 e. The maximum absolute atomic E-state index is 12.4. The van der Waals surface area contributed by atoms with Crippen LogP contribution < -0.4 is 5.32 Å². The first-order valence-electron chi connectivity index (χ1n) is 4.27. The van der Waals surface area contributed by atoms with Crippen molar-refractivity contribution in [2.45, 2.75) is 31.5 Å². The van der Waals surface area contributed by atoms with Gasteiger partial charge in [-0.3, -0.25) is 4.79 Å². The third kappa shape index (κ3) is 2.13. The number of hydrogen-bond donors (Lipinski definition) is 1. The van der Waals surface area contributed by atoms with E-state index in [9.17, 15) is 18.0 Å². The fraction of sp³-hybridized carbons (Fsp3) is 0.875. The largest absolute Gasteiger partial charge is 0.411 e. The van der Waals surface area contributed by atoms with E-state index in [1.54, 1.807) is 0 Å². The maximum Gasteiger partial charge on any atom is 0.411 e. The maximum atomic E-state index is 12.4. The van der Waals surface area contributed by atoms with E-state index in [0.29, 0.717) is 0 Å². The van der Waals surface area contributed by atoms with Gasteiger partial charge in [0, 0.05) is 11.8 Å². The number of hydrogen-bond acceptors (Lipinski definition) is 1. The summed E-state index contributed by atoms with van der Waals surface area (Å²) in [6.07, 6.45) is -4.41. The summed E-state index contributed by atoms with van der Waals surface area (Å²) in [6, 6.07) is 0. The summed E-state index contributed by atoms with van der Waals surface area (Å²) in [6.45, 7) is 1.49. The molecule has 14 heavy (non-hydrogen) atoms. The van der Waals surface area contributed by atoms with E-state index in [0.717, 1.165) is 0 Å². The van der Waals surface area contributed by atoms with Crippen molar-refractivity contribution in [1.82, 2.24) is 5.32 Å². The van der Waals surface area contributed by atoms with E-state index in [2.05, 4.69) is 0 Å². The molecule has 0 spiro atoms. The van der Waals surface area contributed by atoms with Gasteiger partial charge in [0.25, 0.3) is 0 Å². The topological polar surface area (TPSA) is 29.1 Å². The van der Waals surface area contributed by atoms with Crippen molar-refractivity contribution >= 4 is 17.5 Å². The third-order valence-electron chi connectivity index (χ3n) is 2.33. The molecule has 2 nitrogen and oxygen atoms in total. The molecule has 1 fully saturated rings. The smallest absolute Gasteiger partial charge is 0.342 e. The van der Waals surface area contributed by atoms with Crippen LogP contribution in [0.25, 0.3) is 0 Å². The molecule has 0 radical (unpaired) electrons. The van der Waals surface area contributed by atoms with Crippen LogP contribution in [-0.2, 0) is 4.79 Å². The quantitative estimate of drug-likeness (QED) is 0.738. The summed E-state index contributed by atoms with van der Waals surface area (Å²) >= 11 is 5.37. The van der Waals surface area contributed by atoms with Crippen molar-refractivity contribution in [3.05, 3.63) is 0 Å². The van der Waals surface area contributed by atoms with Crippen LogP contribution in [0.1, 0.15) is 19.8 Å². The summed E-state index contributed by atoms with van der Waals surface area (Å²) in [7, 11) is 0. The zero-order valence-electron chi connectivity index (χ0n) is 7.62. The van der Waals surface area contributed by atoms with E-state index in [4.69, 9.17) is 11.6 Å². The Hall–Kier alpha value is -0.450. The SMILES string of the molecule is CC(CCl)C(=O)NC1(C(F)(F)F)CC1. The molecule has 1 atom stereocenters. The molecule has 1 amide bonds. The molecule has 1 saturated carbocycles. The average Bonchev–Trinajstić information content (AvgIpc) is 2.82. The van der Waals surface area contributed by atoms with Crippen LogP contribution in [0.15, 0.2) is 0 Å². The van der Waals surface area contributed by atoms with Crippen LogP contribution in [-0.4, -0.2) is 23.5 Å². The molecule has 0 bridgehead atoms. The number of nitrogens with one attached hydrogen (secondary N) is 1. The number of carbonyl (C=O) groups is 1. The molecule has 0 aromatic heterocycles. The second-order valence-electron chi connectivity index (χ2n) is 3.62. The Balaban J connectivity index is 2.57. The first kappa shape index (κ1) is 11.6. The molecular weight excluding hydrogens is 219 g/mol. The van der Waals surface area contributed by atoms with E-state index >= 15 is 0 Å². The second-order valence-corrected chi connectivity index (χ2v) is 3.93. The fourth-order valence-electron chi connectivity index (χ4n) is 1.03. The predicted octanol–water partition coefficient (Wildman–Crippen LogP) is 2.07. The highest BCUT2D eigenvalue weighted by atomic mass is 35.5. The molecule has 82 valence electrons. The van der Waals surface area contributed by atoms with Gasteiger partial charge in [-0.15, -0.1) is 11.6 Å². The highest BCUT2D eigenvalue weighted by Gasteiger charge is 2.64. The lowest BCUT2D eigenvalue weighted by atomic mass is 10.1. The fourth-order valence-corrected chi connectivity index (χ4v) is 1.17. The molecule has 0 aromatic rings. The summed E-state index contributed by atoms with van der Waals surface area (Å²) in [5, 5.41) is 2.01. The summed E-state index contributed by atoms with van der Waals surface area (Å²) in [5.74, 6) is -1.19. The molecule has 1 aliphatic rings. The molecule has 0 aromatic carbocycles. The lowest BCUT2D eigenvalue weighted by Gasteiger charge is -2.22. The van der Waals surface area contributed by atoms with Crippen LogP contribution in [0.2, 0.25) is 0 Å². The summed E-state index contributed by atoms with van der Waals surface area (Å²) < 4.78 is 37.1. The average molecular weight is 230 g/mol. The van der Waals surface area contributed by atoms with Gasteiger partial charge in [-0.2, -0.15) is 13.2 Å². The van der Waals surface area contributed by atoms with Crippen molar-refractivity contribution in [3.63, 3.8) is 0 Å². The normalized spacial score (nSPS) is 21.5. The lowest BCUT2D eigenvalue weighted by molar-refractivity contribution is -0.171. The molecular formula is C8H11ClF3NO. The van der Waals surface area contributed by atoms with Crippen molar-refractivity contribution in [3.8, 4) is 0 Å². The lowest BCUT2D eigenvalue weighted by Crippen LogP contribution is -2.49. The minimum atomic E-state index is -4.35. The minimum absolute atomic E-state index is 0.0276. The van der Waals surface area contributed by atoms with Crippen molar-refractivity contribution < 1.29 is 18.0 Å². The van der Waals surface area contributed by atoms with Gasteiger partial charge in [-0.25, -0.2) is 0 Å². The van der Waals surface area contributed by atoms with Gasteiger partial charge in [-0.05, 0) is 12.8 Å². The number of alkyl halides is 4. The van der Waals surface area contributed by atoms with Gasteiger partial charge >= 0.3 is 6.18 Å². The van der Waals surface area contributed by atoms with Crippen molar-refractivity contribution in [2.24, 2.45) is 5.92 Å². The number of carbonyl (C=O) groups excluding carboxylic acids is 1. The molecule has 0 heterocycles. The van der Waals surface area contributed by atoms with E-state index in [1.165, 1.54) is 6.92 Å². The summed E-state index contributed by atoms with van der Waals surface area (Å²) in [4.78, 5) is 11.2. The van der Waals surface area contributed by atoms with E-state index in [-0.39, 0.29) is 18.7 Å². The van der Waals surface area contributed by atoms with Crippen molar-refractivity contribution in [1.29, 1.82) is 0 Å². The molecule has 1 unspecified atom stereocenters. The van der Waals surface area contributed by atoms with Crippen LogP contribution in [0.5, 0.6) is 0 Å². The Morgan fingerprint density at radius 1 is 1.57 bits per heavy atom. The standard InChI is InChI=1S/C8H11ClF3NO/c1-5(4-9)6(14)13-7(2-3-7)8(10,11)12/h5H,2-4H2,1H3,(H,13,14). The van der Waals surface area contributed by atoms with Gasteiger partial charge in [0.2, 0.25) is 5.91 Å². The molecule has 1 rings (SSSR count). The zero-order chi connectivity index (χ0) is 11.0. The third-order valence-corrected chi connectivity index (χ3v) is 2.80. The number of rotatable bonds is 3. The van der Waals surface area contributed by atoms with E-state index in [1.807, 2.05) is 5.32 Å². The van der Waals surface area contributed by atoms with Gasteiger partial charge in [-0.1, -0.05) is 6.92 Å². The molecule has 6 heteroatoms. The first-order chi connectivity index (χ1) is 6.32. The van der Waals surface area contributed by atoms with E-state index < -0.39 is 23.5 Å². The molecule has 1 aliphatic carbocycles. The second kappa shape index (κ2) is 3.61. The first-order valence-corrected chi connectivity index (χ1v) is 4.80. The van der Waals surface area contributed by atoms with Crippen LogP contribution in [0, 0.1) is 5.92 Å². The molecule has 0 saturated heterocycles. The van der Waals surface area contributed by atoms with Crippen LogP contribution in [0.3, 0.4) is 0 Å². The van der Waals surface area contributed by atoms with Gasteiger partial charge < -0.3 is 5.32 Å². The number of halogens is 4. The summed E-state index contributed by atoms with van der Waals surface area (Å²) in [5.41, 5.74) is -1.97. The number of amides is 1. The Morgan fingerprint density at radius 3 is 2.36 bits per heavy atom. The Bertz CT molecular complexity index is 237. The predicted molar refractivity (Wildman–Crippen MR) is 46.0 cm³/mol. The molecule has 1 N–H and O–H groups in total. The monoisotopic (exact) mass is 229 g/mol. The highest BCUT2D eigenvalue weighted by molar-refractivity contribution is 6.19. The Morgan fingerprint density at radius 2 is 2.07 bits per heavy atom. The highest BCUT2D eigenvalue weighted by Crippen LogP contribution is 2.48. The van der Waals surface area contributed by atoms with Gasteiger partial charge in [0.15, 0.2) is 0 Å². The Labute approximate surface area is 84.8 Å². The zero-order valence-corrected chi connectivity index (χ0v) is 8.37. The van der Waals surface area contributed by atoms with Gasteiger partial charge in [0.05, 0.1) is 0 Å². The van der Waals surface area contributed by atoms with Gasteiger partial charge in [0.1, 0.15) is 5.54 Å². The molecule has 0 aliphatic heterocycles. The van der Waals surface area contributed by atoms with Crippen molar-refractivity contribution in [2.75, 3.05) is 5.88 Å². The van der Waals surface area contributed by atoms with Crippen LogP contribution in [0.4, 0.5) is 13.2 Å².